The van der Waals surface area contributed by atoms with Crippen LogP contribution in [0.2, 0.25) is 0 Å². The Morgan fingerprint density at radius 1 is 1.10 bits per heavy atom. The van der Waals surface area contributed by atoms with E-state index in [-0.39, 0.29) is 0 Å². The standard InChI is InChI=1S/C11H22N2O14P2/c12-9(18)7-4(16)5(17)11(25-7)28(19,20)27-10(13)8-6(26-29(21,22)23)3(15)2(1-14)24-8/h2-9,11,13-18H,1,12H2,(H,19,20)(H2,21,22,23)/t2-,3-,4+,5-,6-,7+,8?,9?,11?/m1/s1. The van der Waals surface area contributed by atoms with Crippen LogP contribution in [0.3, 0.4) is 0 Å². The molecule has 2 saturated heterocycles. The molecule has 0 bridgehead atoms. The molecule has 170 valence electrons. The van der Waals surface area contributed by atoms with E-state index in [1.165, 1.54) is 0 Å². The van der Waals surface area contributed by atoms with Crippen LogP contribution in [0.5, 0.6) is 0 Å². The van der Waals surface area contributed by atoms with Crippen LogP contribution in [0.15, 0.2) is 0 Å². The van der Waals surface area contributed by atoms with Gasteiger partial charge in [-0.05, 0) is 0 Å². The van der Waals surface area contributed by atoms with E-state index < -0.39 is 82.7 Å². The van der Waals surface area contributed by atoms with E-state index in [0.717, 1.165) is 0 Å². The normalized spacial score (nSPS) is 41.1. The van der Waals surface area contributed by atoms with Crippen molar-refractivity contribution in [1.82, 2.24) is 0 Å². The summed E-state index contributed by atoms with van der Waals surface area (Å²) in [7, 11) is -10.4. The third kappa shape index (κ3) is 5.39. The van der Waals surface area contributed by atoms with Gasteiger partial charge in [0.25, 0.3) is 0 Å². The Kier molecular flexibility index (Phi) is 7.59. The number of hydrogen-bond acceptors (Lipinski definition) is 13. The topological polar surface area (TPSA) is 283 Å². The summed E-state index contributed by atoms with van der Waals surface area (Å²) >= 11 is 0. The van der Waals surface area contributed by atoms with Crippen molar-refractivity contribution in [3.63, 3.8) is 0 Å². The number of phosphoric ester groups is 1. The average Bonchev–Trinajstić information content (AvgIpc) is 3.04. The molecule has 0 radical (unpaired) electrons. The number of nitrogens with two attached hydrogens (primary N) is 1. The van der Waals surface area contributed by atoms with Gasteiger partial charge in [0, 0.05) is 0 Å². The monoisotopic (exact) mass is 468 g/mol. The number of rotatable bonds is 7. The zero-order valence-corrected chi connectivity index (χ0v) is 16.2. The van der Waals surface area contributed by atoms with Crippen LogP contribution in [0, 0.1) is 5.41 Å². The number of aliphatic hydroxyl groups is 5. The van der Waals surface area contributed by atoms with Crippen molar-refractivity contribution < 1.29 is 67.9 Å². The summed E-state index contributed by atoms with van der Waals surface area (Å²) in [6.07, 6.45) is -14.6. The lowest BCUT2D eigenvalue weighted by Crippen LogP contribution is -2.43. The molecule has 4 unspecified atom stereocenters. The lowest BCUT2D eigenvalue weighted by molar-refractivity contribution is -0.0537. The second-order valence-electron chi connectivity index (χ2n) is 6.31. The molecule has 0 aromatic rings. The summed E-state index contributed by atoms with van der Waals surface area (Å²) in [6.45, 7) is -0.852. The highest BCUT2D eigenvalue weighted by molar-refractivity contribution is 7.54. The predicted octanol–water partition coefficient (Wildman–Crippen LogP) is -4.51. The Morgan fingerprint density at radius 2 is 1.69 bits per heavy atom. The first kappa shape index (κ1) is 24.7. The summed E-state index contributed by atoms with van der Waals surface area (Å²) in [4.78, 5) is 27.9. The van der Waals surface area contributed by atoms with Gasteiger partial charge in [0.1, 0.15) is 42.9 Å². The maximum absolute atomic E-state index is 12.4. The lowest BCUT2D eigenvalue weighted by atomic mass is 10.1. The van der Waals surface area contributed by atoms with E-state index in [0.29, 0.717) is 0 Å². The molecule has 2 aliphatic heterocycles. The van der Waals surface area contributed by atoms with Crippen LogP contribution in [-0.2, 0) is 27.7 Å². The van der Waals surface area contributed by atoms with Gasteiger partial charge in [-0.25, -0.2) is 9.13 Å². The first-order valence-corrected chi connectivity index (χ1v) is 11.1. The zero-order valence-electron chi connectivity index (χ0n) is 14.4. The minimum atomic E-state index is -5.22. The molecular formula is C11H22N2O14P2. The van der Waals surface area contributed by atoms with E-state index in [1.807, 2.05) is 0 Å². The van der Waals surface area contributed by atoms with Crippen LogP contribution in [0.4, 0.5) is 0 Å². The molecule has 0 aromatic heterocycles. The molecule has 0 aliphatic carbocycles. The molecule has 2 aliphatic rings. The Hall–Kier alpha value is -0.550. The number of phosphoric acid groups is 1. The molecule has 2 rings (SSSR count). The average molecular weight is 468 g/mol. The van der Waals surface area contributed by atoms with Gasteiger partial charge in [-0.15, -0.1) is 0 Å². The lowest BCUT2D eigenvalue weighted by Gasteiger charge is -2.25. The Morgan fingerprint density at radius 3 is 2.14 bits per heavy atom. The fourth-order valence-corrected chi connectivity index (χ4v) is 4.76. The SMILES string of the molecule is N=C(OP(=O)(O)C1O[C@H](C(N)O)[C@@H](O)[C@H]1O)C1O[C@H](CO)[C@@H](O)[C@H]1OP(=O)(O)O. The van der Waals surface area contributed by atoms with Crippen molar-refractivity contribution >= 4 is 21.3 Å². The van der Waals surface area contributed by atoms with Crippen molar-refractivity contribution in [2.24, 2.45) is 5.73 Å². The smallest absolute Gasteiger partial charge is 0.406 e. The van der Waals surface area contributed by atoms with Gasteiger partial charge in [0.2, 0.25) is 5.90 Å². The van der Waals surface area contributed by atoms with Crippen LogP contribution < -0.4 is 5.73 Å². The van der Waals surface area contributed by atoms with E-state index in [1.54, 1.807) is 0 Å². The highest BCUT2D eigenvalue weighted by Gasteiger charge is 2.56. The Labute approximate surface area is 162 Å². The molecule has 0 spiro atoms. The van der Waals surface area contributed by atoms with Crippen LogP contribution in [0.1, 0.15) is 0 Å². The van der Waals surface area contributed by atoms with Gasteiger partial charge in [-0.2, -0.15) is 0 Å². The predicted molar refractivity (Wildman–Crippen MR) is 88.2 cm³/mol. The number of nitrogens with one attached hydrogen (secondary N) is 1. The van der Waals surface area contributed by atoms with Gasteiger partial charge in [0.15, 0.2) is 11.9 Å². The maximum atomic E-state index is 12.4. The third-order valence-corrected chi connectivity index (χ3v) is 6.24. The van der Waals surface area contributed by atoms with Crippen LogP contribution >= 0.6 is 15.4 Å². The van der Waals surface area contributed by atoms with E-state index in [2.05, 4.69) is 9.05 Å². The minimum absolute atomic E-state index is 0.852. The quantitative estimate of drug-likeness (QED) is 0.0729. The van der Waals surface area contributed by atoms with Crippen LogP contribution in [0.25, 0.3) is 0 Å². The van der Waals surface area contributed by atoms with Crippen molar-refractivity contribution in [3.8, 4) is 0 Å². The molecule has 10 atom stereocenters. The van der Waals surface area contributed by atoms with Crippen molar-refractivity contribution in [2.45, 2.75) is 54.8 Å². The van der Waals surface area contributed by atoms with E-state index in [4.69, 9.17) is 35.5 Å². The highest BCUT2D eigenvalue weighted by atomic mass is 31.2. The fourth-order valence-electron chi connectivity index (χ4n) is 2.86. The van der Waals surface area contributed by atoms with Gasteiger partial charge in [-0.3, -0.25) is 9.93 Å². The Bertz CT molecular complexity index is 701. The summed E-state index contributed by atoms with van der Waals surface area (Å²) in [5, 5.41) is 55.7. The van der Waals surface area contributed by atoms with Gasteiger partial charge >= 0.3 is 15.4 Å². The molecule has 16 nitrogen and oxygen atoms in total. The highest BCUT2D eigenvalue weighted by Crippen LogP contribution is 2.54. The molecule has 2 heterocycles. The third-order valence-electron chi connectivity index (χ3n) is 4.20. The second-order valence-corrected chi connectivity index (χ2v) is 9.32. The molecule has 29 heavy (non-hydrogen) atoms. The van der Waals surface area contributed by atoms with Crippen molar-refractivity contribution in [2.75, 3.05) is 6.61 Å². The molecular weight excluding hydrogens is 446 g/mol. The number of ether oxygens (including phenoxy) is 2. The molecule has 11 N–H and O–H groups in total. The number of aliphatic hydroxyl groups excluding tert-OH is 5. The van der Waals surface area contributed by atoms with Gasteiger partial charge in [-0.1, -0.05) is 0 Å². The van der Waals surface area contributed by atoms with E-state index >= 15 is 0 Å². The summed E-state index contributed by atoms with van der Waals surface area (Å²) < 4.78 is 42.3. The molecule has 2 fully saturated rings. The maximum Gasteiger partial charge on any atom is 0.470 e. The Balaban J connectivity index is 2.18. The zero-order chi connectivity index (χ0) is 22.3. The fraction of sp³-hybridized carbons (Fsp3) is 0.909. The molecule has 0 saturated carbocycles. The van der Waals surface area contributed by atoms with Gasteiger partial charge in [0.05, 0.1) is 6.61 Å². The first-order valence-electron chi connectivity index (χ1n) is 7.93. The largest absolute Gasteiger partial charge is 0.470 e. The first-order chi connectivity index (χ1) is 13.2. The van der Waals surface area contributed by atoms with Crippen molar-refractivity contribution in [3.05, 3.63) is 0 Å². The molecule has 0 amide bonds. The van der Waals surface area contributed by atoms with Crippen LogP contribution in [-0.4, -0.2) is 108 Å². The summed E-state index contributed by atoms with van der Waals surface area (Å²) in [5.41, 5.74) is 5.12. The number of hydrogen-bond donors (Lipinski definition) is 10. The van der Waals surface area contributed by atoms with Crippen molar-refractivity contribution in [1.29, 1.82) is 5.41 Å². The van der Waals surface area contributed by atoms with E-state index in [9.17, 15) is 34.4 Å². The molecule has 0 aromatic carbocycles. The summed E-state index contributed by atoms with van der Waals surface area (Å²) in [6, 6.07) is 0. The second kappa shape index (κ2) is 8.90. The van der Waals surface area contributed by atoms with Gasteiger partial charge < -0.3 is 59.9 Å². The summed E-state index contributed by atoms with van der Waals surface area (Å²) in [5.74, 6) is -3.41. The molecule has 18 heteroatoms. The minimum Gasteiger partial charge on any atom is -0.406 e.